The molecule has 14 heavy (non-hydrogen) atoms. The minimum absolute atomic E-state index is 0.721. The van der Waals surface area contributed by atoms with Crippen molar-refractivity contribution in [3.63, 3.8) is 0 Å². The molecule has 1 aromatic rings. The van der Waals surface area contributed by atoms with Crippen molar-refractivity contribution in [1.29, 1.82) is 0 Å². The first kappa shape index (κ1) is 9.40. The van der Waals surface area contributed by atoms with E-state index in [1.54, 1.807) is 6.20 Å². The van der Waals surface area contributed by atoms with E-state index < -0.39 is 0 Å². The number of nitrogens with one attached hydrogen (secondary N) is 2. The van der Waals surface area contributed by atoms with E-state index in [0.717, 1.165) is 37.2 Å². The van der Waals surface area contributed by atoms with Crippen LogP contribution in [0.25, 0.3) is 0 Å². The molecular weight excluding hydrogens is 176 g/mol. The van der Waals surface area contributed by atoms with E-state index in [0.29, 0.717) is 0 Å². The second-order valence-electron chi connectivity index (χ2n) is 3.76. The third-order valence-electron chi connectivity index (χ3n) is 2.51. The van der Waals surface area contributed by atoms with Crippen molar-refractivity contribution >= 4 is 5.95 Å². The van der Waals surface area contributed by atoms with Crippen molar-refractivity contribution in [3.05, 3.63) is 18.0 Å². The van der Waals surface area contributed by atoms with Gasteiger partial charge in [0.15, 0.2) is 0 Å². The summed E-state index contributed by atoms with van der Waals surface area (Å²) in [6.45, 7) is 5.19. The summed E-state index contributed by atoms with van der Waals surface area (Å²) in [6, 6.07) is 1.91. The predicted molar refractivity (Wildman–Crippen MR) is 56.2 cm³/mol. The monoisotopic (exact) mass is 192 g/mol. The normalized spacial score (nSPS) is 21.1. The van der Waals surface area contributed by atoms with Crippen LogP contribution >= 0.6 is 0 Å². The van der Waals surface area contributed by atoms with Crippen LogP contribution in [0, 0.1) is 12.8 Å². The molecule has 1 atom stereocenters. The average Bonchev–Trinajstić information content (AvgIpc) is 2.67. The molecule has 0 spiro atoms. The predicted octanol–water partition coefficient (Wildman–Crippen LogP) is 0.806. The van der Waals surface area contributed by atoms with Crippen LogP contribution in [-0.2, 0) is 0 Å². The highest BCUT2D eigenvalue weighted by Gasteiger charge is 2.13. The second kappa shape index (κ2) is 4.37. The molecule has 2 N–H and O–H groups in total. The van der Waals surface area contributed by atoms with Gasteiger partial charge >= 0.3 is 0 Å². The van der Waals surface area contributed by atoms with E-state index in [1.807, 2.05) is 13.0 Å². The van der Waals surface area contributed by atoms with Gasteiger partial charge in [-0.1, -0.05) is 0 Å². The van der Waals surface area contributed by atoms with Crippen molar-refractivity contribution < 1.29 is 0 Å². The van der Waals surface area contributed by atoms with Crippen molar-refractivity contribution in [3.8, 4) is 0 Å². The largest absolute Gasteiger partial charge is 0.354 e. The minimum atomic E-state index is 0.721. The van der Waals surface area contributed by atoms with Crippen LogP contribution in [0.5, 0.6) is 0 Å². The molecule has 0 amide bonds. The number of nitrogens with zero attached hydrogens (tertiary/aromatic N) is 2. The van der Waals surface area contributed by atoms with Crippen molar-refractivity contribution in [1.82, 2.24) is 15.3 Å². The molecule has 0 aromatic carbocycles. The summed E-state index contributed by atoms with van der Waals surface area (Å²) in [7, 11) is 0. The van der Waals surface area contributed by atoms with Crippen LogP contribution in [0.3, 0.4) is 0 Å². The highest BCUT2D eigenvalue weighted by molar-refractivity contribution is 5.24. The first-order valence-electron chi connectivity index (χ1n) is 5.09. The Morgan fingerprint density at radius 2 is 2.57 bits per heavy atom. The Morgan fingerprint density at radius 3 is 3.29 bits per heavy atom. The summed E-state index contributed by atoms with van der Waals surface area (Å²) >= 11 is 0. The Bertz CT molecular complexity index is 294. The molecule has 0 aliphatic carbocycles. The van der Waals surface area contributed by atoms with Crippen LogP contribution in [0.1, 0.15) is 12.1 Å². The first-order valence-corrected chi connectivity index (χ1v) is 5.09. The van der Waals surface area contributed by atoms with Gasteiger partial charge in [0.2, 0.25) is 5.95 Å². The van der Waals surface area contributed by atoms with Gasteiger partial charge in [0.1, 0.15) is 0 Å². The van der Waals surface area contributed by atoms with E-state index in [9.17, 15) is 0 Å². The third kappa shape index (κ3) is 2.42. The van der Waals surface area contributed by atoms with Gasteiger partial charge < -0.3 is 10.6 Å². The van der Waals surface area contributed by atoms with E-state index in [1.165, 1.54) is 6.42 Å². The van der Waals surface area contributed by atoms with Crippen LogP contribution < -0.4 is 10.6 Å². The van der Waals surface area contributed by atoms with Crippen LogP contribution in [0.2, 0.25) is 0 Å². The third-order valence-corrected chi connectivity index (χ3v) is 2.51. The Hall–Kier alpha value is -1.16. The molecule has 1 aliphatic heterocycles. The summed E-state index contributed by atoms with van der Waals surface area (Å²) in [5, 5.41) is 6.60. The van der Waals surface area contributed by atoms with Crippen LogP contribution in [0.4, 0.5) is 5.95 Å². The lowest BCUT2D eigenvalue weighted by Gasteiger charge is -2.09. The van der Waals surface area contributed by atoms with Crippen molar-refractivity contribution in [2.24, 2.45) is 5.92 Å². The zero-order valence-electron chi connectivity index (χ0n) is 8.45. The van der Waals surface area contributed by atoms with E-state index in [2.05, 4.69) is 20.6 Å². The maximum absolute atomic E-state index is 4.29. The SMILES string of the molecule is Cc1ccnc(NC[C@H]2CCNC2)n1. The highest BCUT2D eigenvalue weighted by atomic mass is 15.1. The maximum atomic E-state index is 4.29. The molecule has 1 aliphatic rings. The number of rotatable bonds is 3. The quantitative estimate of drug-likeness (QED) is 0.744. The fourth-order valence-electron chi connectivity index (χ4n) is 1.66. The fourth-order valence-corrected chi connectivity index (χ4v) is 1.66. The Kier molecular flexibility index (Phi) is 2.93. The van der Waals surface area contributed by atoms with Gasteiger partial charge in [0.25, 0.3) is 0 Å². The lowest BCUT2D eigenvalue weighted by atomic mass is 10.1. The van der Waals surface area contributed by atoms with Gasteiger partial charge in [-0.3, -0.25) is 0 Å². The van der Waals surface area contributed by atoms with Gasteiger partial charge in [0.05, 0.1) is 0 Å². The maximum Gasteiger partial charge on any atom is 0.222 e. The van der Waals surface area contributed by atoms with Gasteiger partial charge in [-0.05, 0) is 38.4 Å². The Morgan fingerprint density at radius 1 is 1.64 bits per heavy atom. The van der Waals surface area contributed by atoms with E-state index in [4.69, 9.17) is 0 Å². The lowest BCUT2D eigenvalue weighted by molar-refractivity contribution is 0.612. The molecular formula is C10H16N4. The number of aryl methyl sites for hydroxylation is 1. The fraction of sp³-hybridized carbons (Fsp3) is 0.600. The number of hydrogen-bond acceptors (Lipinski definition) is 4. The molecule has 4 nitrogen and oxygen atoms in total. The molecule has 0 bridgehead atoms. The second-order valence-corrected chi connectivity index (χ2v) is 3.76. The Balaban J connectivity index is 1.85. The standard InChI is InChI=1S/C10H16N4/c1-8-2-5-12-10(14-8)13-7-9-3-4-11-6-9/h2,5,9,11H,3-4,6-7H2,1H3,(H,12,13,14)/t9-/m0/s1. The van der Waals surface area contributed by atoms with Gasteiger partial charge in [-0.2, -0.15) is 0 Å². The molecule has 4 heteroatoms. The van der Waals surface area contributed by atoms with Crippen LogP contribution in [0.15, 0.2) is 12.3 Å². The molecule has 0 unspecified atom stereocenters. The summed E-state index contributed by atoms with van der Waals surface area (Å²) in [6.07, 6.45) is 3.04. The zero-order valence-corrected chi connectivity index (χ0v) is 8.45. The number of hydrogen-bond donors (Lipinski definition) is 2. The molecule has 2 rings (SSSR count). The lowest BCUT2D eigenvalue weighted by Crippen LogP contribution is -2.18. The van der Waals surface area contributed by atoms with E-state index in [-0.39, 0.29) is 0 Å². The van der Waals surface area contributed by atoms with Gasteiger partial charge in [-0.25, -0.2) is 9.97 Å². The minimum Gasteiger partial charge on any atom is -0.354 e. The first-order chi connectivity index (χ1) is 6.84. The van der Waals surface area contributed by atoms with Crippen LogP contribution in [-0.4, -0.2) is 29.6 Å². The van der Waals surface area contributed by atoms with E-state index >= 15 is 0 Å². The molecule has 1 aromatic heterocycles. The van der Waals surface area contributed by atoms with Gasteiger partial charge in [0, 0.05) is 18.4 Å². The van der Waals surface area contributed by atoms with Crippen molar-refractivity contribution in [2.75, 3.05) is 25.0 Å². The van der Waals surface area contributed by atoms with Crippen molar-refractivity contribution in [2.45, 2.75) is 13.3 Å². The Labute approximate surface area is 84.2 Å². The topological polar surface area (TPSA) is 49.8 Å². The molecule has 2 heterocycles. The molecule has 1 saturated heterocycles. The molecule has 0 radical (unpaired) electrons. The summed E-state index contributed by atoms with van der Waals surface area (Å²) < 4.78 is 0. The number of aromatic nitrogens is 2. The summed E-state index contributed by atoms with van der Waals surface area (Å²) in [5.74, 6) is 1.47. The summed E-state index contributed by atoms with van der Waals surface area (Å²) in [4.78, 5) is 8.45. The zero-order chi connectivity index (χ0) is 9.80. The highest BCUT2D eigenvalue weighted by Crippen LogP contribution is 2.08. The molecule has 76 valence electrons. The van der Waals surface area contributed by atoms with Gasteiger partial charge in [-0.15, -0.1) is 0 Å². The summed E-state index contributed by atoms with van der Waals surface area (Å²) in [5.41, 5.74) is 1.01. The smallest absolute Gasteiger partial charge is 0.222 e. The molecule has 0 saturated carbocycles. The molecule has 1 fully saturated rings. The number of anilines is 1. The average molecular weight is 192 g/mol.